The van der Waals surface area contributed by atoms with Gasteiger partial charge in [-0.1, -0.05) is 6.07 Å². The van der Waals surface area contributed by atoms with Gasteiger partial charge in [-0.3, -0.25) is 0 Å². The van der Waals surface area contributed by atoms with E-state index in [1.54, 1.807) is 0 Å². The molecule has 0 aliphatic rings. The fourth-order valence-electron chi connectivity index (χ4n) is 1.41. The van der Waals surface area contributed by atoms with Crippen LogP contribution in [0.5, 0.6) is 0 Å². The van der Waals surface area contributed by atoms with Gasteiger partial charge in [0, 0.05) is 5.69 Å². The normalized spacial score (nSPS) is 12.8. The van der Waals surface area contributed by atoms with Crippen LogP contribution in [0.1, 0.15) is 17.2 Å². The lowest BCUT2D eigenvalue weighted by Crippen LogP contribution is -2.20. The number of benzene rings is 1. The third kappa shape index (κ3) is 2.44. The molecule has 0 aliphatic heterocycles. The standard InChI is InChI=1S/C10H16N2O/c1-7-3-8(5-9(11)4-7)10(6-13)12-2/h3-5,10,12-13H,6,11H2,1-2H3/t10-/m1/s1. The first-order valence-corrected chi connectivity index (χ1v) is 4.32. The van der Waals surface area contributed by atoms with Gasteiger partial charge in [0.1, 0.15) is 0 Å². The maximum atomic E-state index is 9.06. The van der Waals surface area contributed by atoms with E-state index in [-0.39, 0.29) is 12.6 Å². The van der Waals surface area contributed by atoms with Crippen molar-refractivity contribution < 1.29 is 5.11 Å². The number of aliphatic hydroxyl groups is 1. The van der Waals surface area contributed by atoms with Gasteiger partial charge in [-0.05, 0) is 37.2 Å². The van der Waals surface area contributed by atoms with Crippen LogP contribution in [0.25, 0.3) is 0 Å². The minimum absolute atomic E-state index is 0.0257. The number of aryl methyl sites for hydroxylation is 1. The summed E-state index contributed by atoms with van der Waals surface area (Å²) in [5, 5.41) is 12.1. The first kappa shape index (κ1) is 10.0. The van der Waals surface area contributed by atoms with Crippen molar-refractivity contribution in [2.24, 2.45) is 0 Å². The van der Waals surface area contributed by atoms with Gasteiger partial charge in [0.25, 0.3) is 0 Å². The second-order valence-corrected chi connectivity index (χ2v) is 3.20. The quantitative estimate of drug-likeness (QED) is 0.604. The predicted molar refractivity (Wildman–Crippen MR) is 54.5 cm³/mol. The minimum Gasteiger partial charge on any atom is -0.399 e. The van der Waals surface area contributed by atoms with Crippen molar-refractivity contribution in [1.82, 2.24) is 5.32 Å². The smallest absolute Gasteiger partial charge is 0.0626 e. The van der Waals surface area contributed by atoms with E-state index >= 15 is 0 Å². The molecular weight excluding hydrogens is 164 g/mol. The number of nitrogens with two attached hydrogens (primary N) is 1. The molecule has 72 valence electrons. The summed E-state index contributed by atoms with van der Waals surface area (Å²) in [5.41, 5.74) is 8.58. The Balaban J connectivity index is 2.99. The Morgan fingerprint density at radius 3 is 2.62 bits per heavy atom. The van der Waals surface area contributed by atoms with Crippen molar-refractivity contribution in [2.75, 3.05) is 19.4 Å². The van der Waals surface area contributed by atoms with E-state index in [2.05, 4.69) is 5.32 Å². The lowest BCUT2D eigenvalue weighted by molar-refractivity contribution is 0.251. The van der Waals surface area contributed by atoms with E-state index < -0.39 is 0 Å². The number of likely N-dealkylation sites (N-methyl/N-ethyl adjacent to an activating group) is 1. The number of hydrogen-bond donors (Lipinski definition) is 3. The molecule has 0 saturated heterocycles. The van der Waals surface area contributed by atoms with Gasteiger partial charge in [0.05, 0.1) is 12.6 Å². The van der Waals surface area contributed by atoms with Crippen LogP contribution in [-0.4, -0.2) is 18.8 Å². The van der Waals surface area contributed by atoms with Crippen molar-refractivity contribution >= 4 is 5.69 Å². The van der Waals surface area contributed by atoms with Crippen LogP contribution in [0.4, 0.5) is 5.69 Å². The number of nitrogens with one attached hydrogen (secondary N) is 1. The van der Waals surface area contributed by atoms with Gasteiger partial charge in [-0.2, -0.15) is 0 Å². The monoisotopic (exact) mass is 180 g/mol. The van der Waals surface area contributed by atoms with Crippen LogP contribution in [0, 0.1) is 6.92 Å². The number of nitrogen functional groups attached to an aromatic ring is 1. The second-order valence-electron chi connectivity index (χ2n) is 3.20. The highest BCUT2D eigenvalue weighted by atomic mass is 16.3. The predicted octanol–water partition coefficient (Wildman–Crippen LogP) is 0.830. The molecule has 0 radical (unpaired) electrons. The molecule has 1 rings (SSSR count). The summed E-state index contributed by atoms with van der Waals surface area (Å²) in [6, 6.07) is 5.79. The van der Waals surface area contributed by atoms with Crippen molar-refractivity contribution in [3.8, 4) is 0 Å². The molecule has 0 bridgehead atoms. The maximum Gasteiger partial charge on any atom is 0.0626 e. The third-order valence-electron chi connectivity index (χ3n) is 2.06. The molecule has 0 saturated carbocycles. The van der Waals surface area contributed by atoms with Crippen LogP contribution in [0.2, 0.25) is 0 Å². The highest BCUT2D eigenvalue weighted by Gasteiger charge is 2.07. The molecule has 0 aliphatic carbocycles. The molecule has 0 fully saturated rings. The van der Waals surface area contributed by atoms with Crippen molar-refractivity contribution in [3.05, 3.63) is 29.3 Å². The topological polar surface area (TPSA) is 58.3 Å². The molecular formula is C10H16N2O. The molecule has 0 unspecified atom stereocenters. The fraction of sp³-hybridized carbons (Fsp3) is 0.400. The zero-order valence-electron chi connectivity index (χ0n) is 8.04. The van der Waals surface area contributed by atoms with Crippen LogP contribution in [0.3, 0.4) is 0 Å². The van der Waals surface area contributed by atoms with Gasteiger partial charge in [-0.15, -0.1) is 0 Å². The summed E-state index contributed by atoms with van der Waals surface area (Å²) in [5.74, 6) is 0. The summed E-state index contributed by atoms with van der Waals surface area (Å²) in [6.07, 6.45) is 0. The molecule has 3 heteroatoms. The SMILES string of the molecule is CN[C@H](CO)c1cc(C)cc(N)c1. The van der Waals surface area contributed by atoms with E-state index in [0.29, 0.717) is 0 Å². The first-order chi connectivity index (χ1) is 6.17. The summed E-state index contributed by atoms with van der Waals surface area (Å²) in [4.78, 5) is 0. The third-order valence-corrected chi connectivity index (χ3v) is 2.06. The molecule has 0 spiro atoms. The Labute approximate surface area is 78.6 Å². The summed E-state index contributed by atoms with van der Waals surface area (Å²) in [6.45, 7) is 2.07. The number of rotatable bonds is 3. The molecule has 3 nitrogen and oxygen atoms in total. The maximum absolute atomic E-state index is 9.06. The molecule has 1 aromatic carbocycles. The van der Waals surface area contributed by atoms with Crippen LogP contribution >= 0.6 is 0 Å². The number of hydrogen-bond acceptors (Lipinski definition) is 3. The number of anilines is 1. The highest BCUT2D eigenvalue weighted by molar-refractivity contribution is 5.45. The minimum atomic E-state index is -0.0257. The van der Waals surface area contributed by atoms with Crippen LogP contribution < -0.4 is 11.1 Å². The Morgan fingerprint density at radius 1 is 1.46 bits per heavy atom. The van der Waals surface area contributed by atoms with Crippen molar-refractivity contribution in [3.63, 3.8) is 0 Å². The Bertz CT molecular complexity index is 262. The van der Waals surface area contributed by atoms with E-state index in [1.165, 1.54) is 0 Å². The zero-order chi connectivity index (χ0) is 9.84. The summed E-state index contributed by atoms with van der Waals surface area (Å²) in [7, 11) is 1.82. The Hall–Kier alpha value is -1.06. The average Bonchev–Trinajstić information content (AvgIpc) is 2.04. The molecule has 1 atom stereocenters. The van der Waals surface area contributed by atoms with Gasteiger partial charge < -0.3 is 16.2 Å². The van der Waals surface area contributed by atoms with Crippen molar-refractivity contribution in [2.45, 2.75) is 13.0 Å². The average molecular weight is 180 g/mol. The molecule has 1 aromatic rings. The van der Waals surface area contributed by atoms with E-state index in [9.17, 15) is 0 Å². The molecule has 0 heterocycles. The van der Waals surface area contributed by atoms with Gasteiger partial charge in [0.2, 0.25) is 0 Å². The Kier molecular flexibility index (Phi) is 3.28. The van der Waals surface area contributed by atoms with E-state index in [1.807, 2.05) is 32.2 Å². The highest BCUT2D eigenvalue weighted by Crippen LogP contribution is 2.17. The number of aliphatic hydroxyl groups excluding tert-OH is 1. The molecule has 13 heavy (non-hydrogen) atoms. The first-order valence-electron chi connectivity index (χ1n) is 4.32. The second kappa shape index (κ2) is 4.25. The van der Waals surface area contributed by atoms with E-state index in [0.717, 1.165) is 16.8 Å². The van der Waals surface area contributed by atoms with Crippen molar-refractivity contribution in [1.29, 1.82) is 0 Å². The van der Waals surface area contributed by atoms with Crippen LogP contribution in [0.15, 0.2) is 18.2 Å². The molecule has 0 aromatic heterocycles. The van der Waals surface area contributed by atoms with Gasteiger partial charge in [-0.25, -0.2) is 0 Å². The molecule has 0 amide bonds. The summed E-state index contributed by atoms with van der Waals surface area (Å²) >= 11 is 0. The van der Waals surface area contributed by atoms with Crippen LogP contribution in [-0.2, 0) is 0 Å². The summed E-state index contributed by atoms with van der Waals surface area (Å²) < 4.78 is 0. The van der Waals surface area contributed by atoms with Gasteiger partial charge in [0.15, 0.2) is 0 Å². The Morgan fingerprint density at radius 2 is 2.15 bits per heavy atom. The largest absolute Gasteiger partial charge is 0.399 e. The molecule has 4 N–H and O–H groups in total. The lowest BCUT2D eigenvalue weighted by Gasteiger charge is -2.14. The fourth-order valence-corrected chi connectivity index (χ4v) is 1.41. The van der Waals surface area contributed by atoms with E-state index in [4.69, 9.17) is 10.8 Å². The van der Waals surface area contributed by atoms with Gasteiger partial charge >= 0.3 is 0 Å². The lowest BCUT2D eigenvalue weighted by atomic mass is 10.0. The zero-order valence-corrected chi connectivity index (χ0v) is 8.04.